The van der Waals surface area contributed by atoms with Crippen molar-refractivity contribution in [3.8, 4) is 0 Å². The molecule has 19 heavy (non-hydrogen) atoms. The minimum absolute atomic E-state index is 0.0507. The number of nitrogens with one attached hydrogen (secondary N) is 1. The quantitative estimate of drug-likeness (QED) is 0.626. The molecule has 1 aromatic rings. The lowest BCUT2D eigenvalue weighted by atomic mass is 10.1. The first-order valence-corrected chi connectivity index (χ1v) is 6.50. The normalized spacial score (nSPS) is 18.9. The molecule has 3 N–H and O–H groups in total. The van der Waals surface area contributed by atoms with E-state index in [2.05, 4.69) is 10.4 Å². The number of ether oxygens (including phenoxy) is 1. The van der Waals surface area contributed by atoms with E-state index in [1.165, 1.54) is 12.6 Å². The molecule has 1 atom stereocenters. The third kappa shape index (κ3) is 3.65. The molecule has 1 aliphatic heterocycles. The van der Waals surface area contributed by atoms with Crippen molar-refractivity contribution in [1.29, 1.82) is 0 Å². The molecule has 0 spiro atoms. The predicted molar refractivity (Wildman–Crippen MR) is 72.6 cm³/mol. The summed E-state index contributed by atoms with van der Waals surface area (Å²) in [6.07, 6.45) is 4.99. The lowest BCUT2D eigenvalue weighted by Gasteiger charge is -2.27. The molecule has 0 aliphatic carbocycles. The summed E-state index contributed by atoms with van der Waals surface area (Å²) >= 11 is 0. The fourth-order valence-electron chi connectivity index (χ4n) is 2.17. The summed E-state index contributed by atoms with van der Waals surface area (Å²) in [6.45, 7) is 1.42. The monoisotopic (exact) mass is 264 g/mol. The number of likely N-dealkylation sites (N-methyl/N-ethyl adjacent to an activating group) is 1. The van der Waals surface area contributed by atoms with E-state index in [0.717, 1.165) is 19.4 Å². The lowest BCUT2D eigenvalue weighted by Crippen LogP contribution is -2.37. The molecule has 1 aliphatic rings. The minimum Gasteiger partial charge on any atom is -0.376 e. The van der Waals surface area contributed by atoms with Gasteiger partial charge in [-0.1, -0.05) is 0 Å². The topological polar surface area (TPSA) is 80.5 Å². The van der Waals surface area contributed by atoms with Crippen LogP contribution < -0.4 is 11.3 Å². The summed E-state index contributed by atoms with van der Waals surface area (Å²) in [7, 11) is 1.79. The van der Waals surface area contributed by atoms with Crippen LogP contribution in [-0.4, -0.2) is 42.1 Å². The molecule has 6 nitrogen and oxygen atoms in total. The molecule has 2 rings (SSSR count). The standard InChI is InChI=1S/C13H20N4O2/c1-17(9-11-4-2-3-7-19-11)13(18)10-5-6-12(16-14)15-8-10/h5-6,8,11H,2-4,7,9,14H2,1H3,(H,15,16). The summed E-state index contributed by atoms with van der Waals surface area (Å²) < 4.78 is 5.64. The number of nitrogen functional groups attached to an aromatic ring is 1. The Balaban J connectivity index is 1.93. The maximum absolute atomic E-state index is 12.2. The Labute approximate surface area is 112 Å². The van der Waals surface area contributed by atoms with Crippen LogP contribution in [0, 0.1) is 0 Å². The van der Waals surface area contributed by atoms with E-state index in [0.29, 0.717) is 17.9 Å². The van der Waals surface area contributed by atoms with Crippen LogP contribution in [0.25, 0.3) is 0 Å². The Kier molecular flexibility index (Phi) is 4.70. The highest BCUT2D eigenvalue weighted by Crippen LogP contribution is 2.14. The van der Waals surface area contributed by atoms with Gasteiger partial charge >= 0.3 is 0 Å². The van der Waals surface area contributed by atoms with Gasteiger partial charge in [-0.15, -0.1) is 0 Å². The average molecular weight is 264 g/mol. The van der Waals surface area contributed by atoms with Crippen molar-refractivity contribution in [1.82, 2.24) is 9.88 Å². The molecule has 0 radical (unpaired) electrons. The van der Waals surface area contributed by atoms with Crippen molar-refractivity contribution in [2.24, 2.45) is 5.84 Å². The van der Waals surface area contributed by atoms with Gasteiger partial charge in [0.05, 0.1) is 11.7 Å². The Morgan fingerprint density at radius 3 is 3.00 bits per heavy atom. The number of rotatable bonds is 4. The number of nitrogens with zero attached hydrogens (tertiary/aromatic N) is 2. The third-order valence-electron chi connectivity index (χ3n) is 3.26. The number of aromatic nitrogens is 1. The second-order valence-corrected chi connectivity index (χ2v) is 4.75. The largest absolute Gasteiger partial charge is 0.376 e. The summed E-state index contributed by atoms with van der Waals surface area (Å²) in [6, 6.07) is 3.39. The van der Waals surface area contributed by atoms with Crippen LogP contribution in [0.4, 0.5) is 5.82 Å². The summed E-state index contributed by atoms with van der Waals surface area (Å²) in [5.74, 6) is 5.72. The molecular formula is C13H20N4O2. The first-order valence-electron chi connectivity index (χ1n) is 6.50. The molecule has 1 amide bonds. The predicted octanol–water partition coefficient (Wildman–Crippen LogP) is 1.01. The molecule has 0 bridgehead atoms. The van der Waals surface area contributed by atoms with Gasteiger partial charge in [0.15, 0.2) is 0 Å². The van der Waals surface area contributed by atoms with E-state index in [9.17, 15) is 4.79 Å². The van der Waals surface area contributed by atoms with E-state index in [1.54, 1.807) is 24.1 Å². The Morgan fingerprint density at radius 1 is 1.58 bits per heavy atom. The number of anilines is 1. The van der Waals surface area contributed by atoms with Crippen LogP contribution in [-0.2, 0) is 4.74 Å². The van der Waals surface area contributed by atoms with Crippen molar-refractivity contribution in [2.75, 3.05) is 25.6 Å². The molecule has 1 unspecified atom stereocenters. The molecule has 1 aromatic heterocycles. The van der Waals surface area contributed by atoms with Crippen molar-refractivity contribution in [2.45, 2.75) is 25.4 Å². The second-order valence-electron chi connectivity index (χ2n) is 4.75. The lowest BCUT2D eigenvalue weighted by molar-refractivity contribution is -0.000194. The highest BCUT2D eigenvalue weighted by atomic mass is 16.5. The fraction of sp³-hybridized carbons (Fsp3) is 0.538. The minimum atomic E-state index is -0.0507. The zero-order chi connectivity index (χ0) is 13.7. The number of amides is 1. The van der Waals surface area contributed by atoms with E-state index in [1.807, 2.05) is 0 Å². The first-order chi connectivity index (χ1) is 9.20. The average Bonchev–Trinajstić information content (AvgIpc) is 2.47. The molecule has 1 fully saturated rings. The van der Waals surface area contributed by atoms with Gasteiger partial charge in [0.1, 0.15) is 5.82 Å². The molecular weight excluding hydrogens is 244 g/mol. The summed E-state index contributed by atoms with van der Waals surface area (Å²) in [5.41, 5.74) is 2.99. The van der Waals surface area contributed by atoms with Crippen LogP contribution >= 0.6 is 0 Å². The molecule has 6 heteroatoms. The van der Waals surface area contributed by atoms with Gasteiger partial charge in [0, 0.05) is 26.4 Å². The third-order valence-corrected chi connectivity index (χ3v) is 3.26. The molecule has 104 valence electrons. The first kappa shape index (κ1) is 13.8. The van der Waals surface area contributed by atoms with Gasteiger partial charge in [-0.3, -0.25) is 4.79 Å². The summed E-state index contributed by atoms with van der Waals surface area (Å²) in [4.78, 5) is 17.9. The number of hydrazine groups is 1. The van der Waals surface area contributed by atoms with Gasteiger partial charge in [0.2, 0.25) is 0 Å². The van der Waals surface area contributed by atoms with Crippen molar-refractivity contribution < 1.29 is 9.53 Å². The highest BCUT2D eigenvalue weighted by Gasteiger charge is 2.19. The van der Waals surface area contributed by atoms with Gasteiger partial charge in [-0.25, -0.2) is 10.8 Å². The summed E-state index contributed by atoms with van der Waals surface area (Å²) in [5, 5.41) is 0. The van der Waals surface area contributed by atoms with Crippen LogP contribution in [0.2, 0.25) is 0 Å². The maximum atomic E-state index is 12.2. The van der Waals surface area contributed by atoms with Crippen molar-refractivity contribution in [3.63, 3.8) is 0 Å². The smallest absolute Gasteiger partial charge is 0.255 e. The van der Waals surface area contributed by atoms with Crippen molar-refractivity contribution in [3.05, 3.63) is 23.9 Å². The molecule has 0 aromatic carbocycles. The van der Waals surface area contributed by atoms with E-state index in [-0.39, 0.29) is 12.0 Å². The van der Waals surface area contributed by atoms with Crippen LogP contribution in [0.1, 0.15) is 29.6 Å². The van der Waals surface area contributed by atoms with Crippen LogP contribution in [0.15, 0.2) is 18.3 Å². The van der Waals surface area contributed by atoms with Gasteiger partial charge < -0.3 is 15.1 Å². The Bertz CT molecular complexity index is 415. The molecule has 2 heterocycles. The SMILES string of the molecule is CN(CC1CCCCO1)C(=O)c1ccc(NN)nc1. The Hall–Kier alpha value is -1.66. The number of hydrogen-bond donors (Lipinski definition) is 2. The van der Waals surface area contributed by atoms with Gasteiger partial charge in [0.25, 0.3) is 5.91 Å². The number of carbonyl (C=O) groups excluding carboxylic acids is 1. The number of carbonyl (C=O) groups is 1. The van der Waals surface area contributed by atoms with E-state index in [4.69, 9.17) is 10.6 Å². The second kappa shape index (κ2) is 6.49. The van der Waals surface area contributed by atoms with E-state index >= 15 is 0 Å². The van der Waals surface area contributed by atoms with Crippen LogP contribution in [0.3, 0.4) is 0 Å². The molecule has 1 saturated heterocycles. The zero-order valence-corrected chi connectivity index (χ0v) is 11.1. The van der Waals surface area contributed by atoms with Crippen LogP contribution in [0.5, 0.6) is 0 Å². The van der Waals surface area contributed by atoms with Gasteiger partial charge in [-0.05, 0) is 31.4 Å². The Morgan fingerprint density at radius 2 is 2.42 bits per heavy atom. The molecule has 0 saturated carbocycles. The fourth-order valence-corrected chi connectivity index (χ4v) is 2.17. The highest BCUT2D eigenvalue weighted by molar-refractivity contribution is 5.93. The number of hydrogen-bond acceptors (Lipinski definition) is 5. The maximum Gasteiger partial charge on any atom is 0.255 e. The van der Waals surface area contributed by atoms with Crippen molar-refractivity contribution >= 4 is 11.7 Å². The zero-order valence-electron chi connectivity index (χ0n) is 11.1. The van der Waals surface area contributed by atoms with Gasteiger partial charge in [-0.2, -0.15) is 0 Å². The van der Waals surface area contributed by atoms with E-state index < -0.39 is 0 Å². The number of nitrogens with two attached hydrogens (primary N) is 1. The number of pyridine rings is 1.